The fourth-order valence-corrected chi connectivity index (χ4v) is 4.45. The number of carbonyl (C=O) groups excluding carboxylic acids is 1. The Morgan fingerprint density at radius 1 is 1.21 bits per heavy atom. The lowest BCUT2D eigenvalue weighted by molar-refractivity contribution is -0.274. The predicted octanol–water partition coefficient (Wildman–Crippen LogP) is 5.43. The number of rotatable bonds is 4. The summed E-state index contributed by atoms with van der Waals surface area (Å²) in [7, 11) is 0. The number of amides is 1. The topological polar surface area (TPSA) is 42.7 Å². The largest absolute Gasteiger partial charge is 0.573 e. The van der Waals surface area contributed by atoms with Crippen molar-refractivity contribution in [1.82, 2.24) is 4.90 Å². The molecule has 0 radical (unpaired) electrons. The van der Waals surface area contributed by atoms with Gasteiger partial charge >= 0.3 is 6.36 Å². The summed E-state index contributed by atoms with van der Waals surface area (Å²) >= 11 is 1.54. The molecule has 1 amide bonds. The van der Waals surface area contributed by atoms with Gasteiger partial charge in [-0.3, -0.25) is 4.79 Å². The zero-order valence-electron chi connectivity index (χ0n) is 15.1. The Balaban J connectivity index is 1.63. The number of nitrogens with zero attached hydrogens (tertiary/aromatic N) is 1. The number of furan rings is 1. The third kappa shape index (κ3) is 4.37. The molecule has 1 atom stereocenters. The average Bonchev–Trinajstić information content (AvgIpc) is 3.36. The molecule has 0 aliphatic carbocycles. The molecule has 0 N–H and O–H groups in total. The van der Waals surface area contributed by atoms with Gasteiger partial charge in [0.25, 0.3) is 0 Å². The molecule has 8 heteroatoms. The van der Waals surface area contributed by atoms with Crippen LogP contribution in [0, 0.1) is 0 Å². The van der Waals surface area contributed by atoms with Gasteiger partial charge < -0.3 is 14.1 Å². The van der Waals surface area contributed by atoms with E-state index in [9.17, 15) is 18.0 Å². The Bertz CT molecular complexity index is 1010. The molecule has 0 spiro atoms. The monoisotopic (exact) mass is 419 g/mol. The summed E-state index contributed by atoms with van der Waals surface area (Å²) in [5.74, 6) is -0.466. The predicted molar refractivity (Wildman–Crippen MR) is 102 cm³/mol. The van der Waals surface area contributed by atoms with E-state index >= 15 is 0 Å². The van der Waals surface area contributed by atoms with Crippen molar-refractivity contribution >= 4 is 23.3 Å². The summed E-state index contributed by atoms with van der Waals surface area (Å²) < 4.78 is 46.3. The molecule has 4 rings (SSSR count). The molecule has 1 unspecified atom stereocenters. The smallest absolute Gasteiger partial charge is 0.472 e. The summed E-state index contributed by atoms with van der Waals surface area (Å²) in [6.45, 7) is 0.518. The first kappa shape index (κ1) is 19.3. The van der Waals surface area contributed by atoms with Crippen LogP contribution in [-0.4, -0.2) is 23.7 Å². The SMILES string of the molecule is O=C(C=Cc1ccoc1)N1CCc2ccsc2C1c1ccc(OC(F)(F)F)cc1. The van der Waals surface area contributed by atoms with E-state index in [2.05, 4.69) is 4.74 Å². The van der Waals surface area contributed by atoms with Crippen LogP contribution in [0.1, 0.15) is 27.6 Å². The minimum atomic E-state index is -4.74. The van der Waals surface area contributed by atoms with Gasteiger partial charge in [-0.15, -0.1) is 24.5 Å². The highest BCUT2D eigenvalue weighted by Crippen LogP contribution is 2.39. The highest BCUT2D eigenvalue weighted by atomic mass is 32.1. The number of halogens is 3. The summed E-state index contributed by atoms with van der Waals surface area (Å²) in [6, 6.07) is 9.09. The highest BCUT2D eigenvalue weighted by Gasteiger charge is 2.33. The second kappa shape index (κ2) is 7.79. The van der Waals surface area contributed by atoms with Crippen molar-refractivity contribution in [3.63, 3.8) is 0 Å². The minimum absolute atomic E-state index is 0.175. The standard InChI is InChI=1S/C21H16F3NO3S/c22-21(23,24)28-17-4-2-15(3-5-17)19-20-16(9-12-29-20)7-10-25(19)18(26)6-1-14-8-11-27-13-14/h1-6,8-9,11-13,19H,7,10H2. The lowest BCUT2D eigenvalue weighted by Crippen LogP contribution is -2.39. The van der Waals surface area contributed by atoms with Crippen LogP contribution in [0.25, 0.3) is 6.08 Å². The van der Waals surface area contributed by atoms with E-state index in [0.717, 1.165) is 28.0 Å². The first-order chi connectivity index (χ1) is 13.9. The second-order valence-corrected chi connectivity index (χ2v) is 7.45. The number of benzene rings is 1. The number of ether oxygens (including phenoxy) is 1. The van der Waals surface area contributed by atoms with Gasteiger partial charge in [-0.1, -0.05) is 12.1 Å². The summed E-state index contributed by atoms with van der Waals surface area (Å²) in [6.07, 6.45) is 2.21. The van der Waals surface area contributed by atoms with Gasteiger partial charge in [-0.05, 0) is 53.3 Å². The third-order valence-corrected chi connectivity index (χ3v) is 5.65. The van der Waals surface area contributed by atoms with Gasteiger partial charge in [0.05, 0.1) is 18.6 Å². The third-order valence-electron chi connectivity index (χ3n) is 4.64. The van der Waals surface area contributed by atoms with Gasteiger partial charge in [-0.2, -0.15) is 0 Å². The first-order valence-corrected chi connectivity index (χ1v) is 9.71. The van der Waals surface area contributed by atoms with Crippen molar-refractivity contribution in [3.05, 3.63) is 81.9 Å². The van der Waals surface area contributed by atoms with E-state index < -0.39 is 6.36 Å². The van der Waals surface area contributed by atoms with Crippen LogP contribution in [0.2, 0.25) is 0 Å². The molecule has 0 bridgehead atoms. The molecule has 150 valence electrons. The van der Waals surface area contributed by atoms with E-state index in [-0.39, 0.29) is 17.7 Å². The van der Waals surface area contributed by atoms with Crippen molar-refractivity contribution in [1.29, 1.82) is 0 Å². The maximum Gasteiger partial charge on any atom is 0.573 e. The molecule has 1 aliphatic rings. The second-order valence-electron chi connectivity index (χ2n) is 6.50. The van der Waals surface area contributed by atoms with E-state index in [1.54, 1.807) is 29.2 Å². The number of hydrogen-bond donors (Lipinski definition) is 0. The zero-order chi connectivity index (χ0) is 20.4. The molecular formula is C21H16F3NO3S. The van der Waals surface area contributed by atoms with Crippen molar-refractivity contribution in [2.45, 2.75) is 18.8 Å². The van der Waals surface area contributed by atoms with E-state index in [0.29, 0.717) is 6.54 Å². The van der Waals surface area contributed by atoms with Crippen LogP contribution in [0.5, 0.6) is 5.75 Å². The molecule has 3 aromatic rings. The Kier molecular flexibility index (Phi) is 5.19. The van der Waals surface area contributed by atoms with E-state index in [4.69, 9.17) is 4.42 Å². The normalized spacial score (nSPS) is 16.8. The lowest BCUT2D eigenvalue weighted by atomic mass is 9.95. The zero-order valence-corrected chi connectivity index (χ0v) is 15.9. The molecule has 0 fully saturated rings. The number of hydrogen-bond acceptors (Lipinski definition) is 4. The molecule has 0 saturated carbocycles. The molecule has 1 aliphatic heterocycles. The van der Waals surface area contributed by atoms with Crippen molar-refractivity contribution in [2.24, 2.45) is 0 Å². The van der Waals surface area contributed by atoms with Crippen molar-refractivity contribution in [3.8, 4) is 5.75 Å². The minimum Gasteiger partial charge on any atom is -0.472 e. The van der Waals surface area contributed by atoms with Crippen molar-refractivity contribution in [2.75, 3.05) is 6.54 Å². The number of alkyl halides is 3. The molecule has 2 aromatic heterocycles. The fraction of sp³-hybridized carbons (Fsp3) is 0.190. The van der Waals surface area contributed by atoms with E-state index in [1.807, 2.05) is 11.4 Å². The van der Waals surface area contributed by atoms with Gasteiger partial charge in [0.15, 0.2) is 0 Å². The van der Waals surface area contributed by atoms with Crippen LogP contribution >= 0.6 is 11.3 Å². The molecule has 29 heavy (non-hydrogen) atoms. The number of fused-ring (bicyclic) bond motifs is 1. The molecule has 4 nitrogen and oxygen atoms in total. The van der Waals surface area contributed by atoms with Gasteiger partial charge in [0.1, 0.15) is 5.75 Å². The molecule has 1 aromatic carbocycles. The number of thiophene rings is 1. The van der Waals surface area contributed by atoms with Crippen LogP contribution in [0.3, 0.4) is 0 Å². The van der Waals surface area contributed by atoms with Crippen molar-refractivity contribution < 1.29 is 27.1 Å². The van der Waals surface area contributed by atoms with Gasteiger partial charge in [0.2, 0.25) is 5.91 Å². The maximum atomic E-state index is 12.9. The highest BCUT2D eigenvalue weighted by molar-refractivity contribution is 7.10. The molecule has 0 saturated heterocycles. The first-order valence-electron chi connectivity index (χ1n) is 8.83. The Hall–Kier alpha value is -3.00. The maximum absolute atomic E-state index is 12.9. The molecule has 3 heterocycles. The summed E-state index contributed by atoms with van der Waals surface area (Å²) in [5.41, 5.74) is 2.66. The fourth-order valence-electron chi connectivity index (χ4n) is 3.36. The number of carbonyl (C=O) groups is 1. The Morgan fingerprint density at radius 2 is 2.00 bits per heavy atom. The Morgan fingerprint density at radius 3 is 2.69 bits per heavy atom. The summed E-state index contributed by atoms with van der Waals surface area (Å²) in [4.78, 5) is 15.7. The van der Waals surface area contributed by atoms with Gasteiger partial charge in [-0.25, -0.2) is 0 Å². The van der Waals surface area contributed by atoms with Crippen LogP contribution in [0.4, 0.5) is 13.2 Å². The van der Waals surface area contributed by atoms with Crippen LogP contribution < -0.4 is 4.74 Å². The summed E-state index contributed by atoms with van der Waals surface area (Å²) in [5, 5.41) is 1.97. The van der Waals surface area contributed by atoms with E-state index in [1.165, 1.54) is 42.1 Å². The van der Waals surface area contributed by atoms with Crippen LogP contribution in [-0.2, 0) is 11.2 Å². The Labute approximate surface area is 168 Å². The average molecular weight is 419 g/mol. The lowest BCUT2D eigenvalue weighted by Gasteiger charge is -2.35. The quantitative estimate of drug-likeness (QED) is 0.530. The van der Waals surface area contributed by atoms with Gasteiger partial charge in [0, 0.05) is 23.1 Å². The van der Waals surface area contributed by atoms with Crippen LogP contribution in [0.15, 0.2) is 64.8 Å². The molecular weight excluding hydrogens is 403 g/mol.